The first-order valence-corrected chi connectivity index (χ1v) is 6.80. The number of aromatic nitrogens is 3. The summed E-state index contributed by atoms with van der Waals surface area (Å²) in [6, 6.07) is 4.20. The summed E-state index contributed by atoms with van der Waals surface area (Å²) < 4.78 is 2.97. The summed E-state index contributed by atoms with van der Waals surface area (Å²) in [7, 11) is 0. The Morgan fingerprint density at radius 1 is 1.28 bits per heavy atom. The lowest BCUT2D eigenvalue weighted by molar-refractivity contribution is 0.705. The van der Waals surface area contributed by atoms with Crippen molar-refractivity contribution >= 4 is 15.9 Å². The average Bonchev–Trinajstić information content (AvgIpc) is 2.81. The first kappa shape index (κ1) is 13.2. The Bertz CT molecular complexity index is 525. The van der Waals surface area contributed by atoms with E-state index in [0.717, 1.165) is 28.9 Å². The van der Waals surface area contributed by atoms with Gasteiger partial charge >= 0.3 is 0 Å². The lowest BCUT2D eigenvalue weighted by Crippen LogP contribution is -2.11. The van der Waals surface area contributed by atoms with Crippen molar-refractivity contribution in [2.24, 2.45) is 0 Å². The van der Waals surface area contributed by atoms with Crippen molar-refractivity contribution in [1.82, 2.24) is 20.3 Å². The van der Waals surface area contributed by atoms with Gasteiger partial charge < -0.3 is 5.32 Å². The molecule has 0 saturated heterocycles. The van der Waals surface area contributed by atoms with Crippen LogP contribution in [0.15, 0.2) is 22.8 Å². The van der Waals surface area contributed by atoms with Crippen molar-refractivity contribution in [3.63, 3.8) is 0 Å². The zero-order chi connectivity index (χ0) is 13.1. The fourth-order valence-electron chi connectivity index (χ4n) is 1.81. The molecular weight excluding hydrogens is 292 g/mol. The van der Waals surface area contributed by atoms with Crippen molar-refractivity contribution in [2.45, 2.75) is 27.3 Å². The molecule has 0 saturated carbocycles. The SMILES string of the molecule is CCNCc1cn(-c2cc(C)c(Br)c(C)c2)nn1. The summed E-state index contributed by atoms with van der Waals surface area (Å²) in [6.07, 6.45) is 1.96. The summed E-state index contributed by atoms with van der Waals surface area (Å²) in [5, 5.41) is 11.6. The molecule has 1 aromatic heterocycles. The molecule has 0 amide bonds. The van der Waals surface area contributed by atoms with Gasteiger partial charge in [0, 0.05) is 11.0 Å². The topological polar surface area (TPSA) is 42.7 Å². The highest BCUT2D eigenvalue weighted by molar-refractivity contribution is 9.10. The molecule has 1 aromatic carbocycles. The van der Waals surface area contributed by atoms with Gasteiger partial charge in [-0.05, 0) is 43.7 Å². The van der Waals surface area contributed by atoms with Crippen LogP contribution in [0, 0.1) is 13.8 Å². The lowest BCUT2D eigenvalue weighted by Gasteiger charge is -2.07. The van der Waals surface area contributed by atoms with Crippen molar-refractivity contribution in [2.75, 3.05) is 6.54 Å². The van der Waals surface area contributed by atoms with Crippen molar-refractivity contribution in [1.29, 1.82) is 0 Å². The van der Waals surface area contributed by atoms with E-state index in [4.69, 9.17) is 0 Å². The molecular formula is C13H17BrN4. The number of nitrogens with zero attached hydrogens (tertiary/aromatic N) is 3. The van der Waals surface area contributed by atoms with E-state index in [2.05, 4.69) is 64.5 Å². The Labute approximate surface area is 116 Å². The van der Waals surface area contributed by atoms with Crippen LogP contribution >= 0.6 is 15.9 Å². The molecule has 96 valence electrons. The normalized spacial score (nSPS) is 10.9. The van der Waals surface area contributed by atoms with E-state index >= 15 is 0 Å². The van der Waals surface area contributed by atoms with Gasteiger partial charge in [0.1, 0.15) is 0 Å². The molecule has 0 fully saturated rings. The minimum atomic E-state index is 0.755. The number of aryl methyl sites for hydroxylation is 2. The number of rotatable bonds is 4. The van der Waals surface area contributed by atoms with Gasteiger partial charge in [0.15, 0.2) is 0 Å². The molecule has 2 rings (SSSR count). The van der Waals surface area contributed by atoms with E-state index in [9.17, 15) is 0 Å². The van der Waals surface area contributed by atoms with Gasteiger partial charge in [-0.15, -0.1) is 5.10 Å². The third-order valence-electron chi connectivity index (χ3n) is 2.78. The van der Waals surface area contributed by atoms with E-state index in [1.165, 1.54) is 11.1 Å². The maximum Gasteiger partial charge on any atom is 0.0969 e. The van der Waals surface area contributed by atoms with Crippen LogP contribution in [0.5, 0.6) is 0 Å². The van der Waals surface area contributed by atoms with Crippen LogP contribution in [-0.4, -0.2) is 21.5 Å². The minimum Gasteiger partial charge on any atom is -0.311 e. The van der Waals surface area contributed by atoms with Gasteiger partial charge in [-0.25, -0.2) is 4.68 Å². The maximum atomic E-state index is 4.16. The highest BCUT2D eigenvalue weighted by atomic mass is 79.9. The highest BCUT2D eigenvalue weighted by Gasteiger charge is 2.06. The second kappa shape index (κ2) is 5.63. The van der Waals surface area contributed by atoms with Gasteiger partial charge in [-0.2, -0.15) is 0 Å². The maximum absolute atomic E-state index is 4.16. The second-order valence-corrected chi connectivity index (χ2v) is 5.12. The summed E-state index contributed by atoms with van der Waals surface area (Å²) in [5.41, 5.74) is 4.40. The Morgan fingerprint density at radius 2 is 1.94 bits per heavy atom. The lowest BCUT2D eigenvalue weighted by atomic mass is 10.1. The molecule has 1 N–H and O–H groups in total. The van der Waals surface area contributed by atoms with Crippen LogP contribution in [-0.2, 0) is 6.54 Å². The number of benzene rings is 1. The molecule has 0 aliphatic heterocycles. The van der Waals surface area contributed by atoms with Crippen LogP contribution in [0.1, 0.15) is 23.7 Å². The van der Waals surface area contributed by atoms with Crippen LogP contribution in [0.4, 0.5) is 0 Å². The standard InChI is InChI=1S/C13H17BrN4/c1-4-15-7-11-8-18(17-16-11)12-5-9(2)13(14)10(3)6-12/h5-6,8,15H,4,7H2,1-3H3. The predicted octanol–water partition coefficient (Wildman–Crippen LogP) is 2.76. The fourth-order valence-corrected chi connectivity index (χ4v) is 2.04. The minimum absolute atomic E-state index is 0.755. The van der Waals surface area contributed by atoms with Crippen LogP contribution in [0.3, 0.4) is 0 Å². The molecule has 2 aromatic rings. The Hall–Kier alpha value is -1.20. The summed E-state index contributed by atoms with van der Waals surface area (Å²) in [5.74, 6) is 0. The monoisotopic (exact) mass is 308 g/mol. The van der Waals surface area contributed by atoms with Crippen LogP contribution in [0.25, 0.3) is 5.69 Å². The molecule has 0 unspecified atom stereocenters. The Kier molecular flexibility index (Phi) is 4.14. The van der Waals surface area contributed by atoms with E-state index in [1.54, 1.807) is 0 Å². The molecule has 0 bridgehead atoms. The molecule has 4 nitrogen and oxygen atoms in total. The zero-order valence-electron chi connectivity index (χ0n) is 10.9. The van der Waals surface area contributed by atoms with E-state index < -0.39 is 0 Å². The highest BCUT2D eigenvalue weighted by Crippen LogP contribution is 2.24. The fraction of sp³-hybridized carbons (Fsp3) is 0.385. The Balaban J connectivity index is 2.28. The van der Waals surface area contributed by atoms with Crippen molar-refractivity contribution in [3.05, 3.63) is 39.6 Å². The second-order valence-electron chi connectivity index (χ2n) is 4.33. The molecule has 0 aliphatic carbocycles. The number of halogens is 1. The molecule has 0 spiro atoms. The smallest absolute Gasteiger partial charge is 0.0969 e. The van der Waals surface area contributed by atoms with Gasteiger partial charge in [-0.1, -0.05) is 28.1 Å². The van der Waals surface area contributed by atoms with Gasteiger partial charge in [0.2, 0.25) is 0 Å². The largest absolute Gasteiger partial charge is 0.311 e. The summed E-state index contributed by atoms with van der Waals surface area (Å²) >= 11 is 3.57. The quantitative estimate of drug-likeness (QED) is 0.944. The molecule has 5 heteroatoms. The van der Waals surface area contributed by atoms with E-state index in [-0.39, 0.29) is 0 Å². The number of hydrogen-bond acceptors (Lipinski definition) is 3. The van der Waals surface area contributed by atoms with E-state index in [1.807, 2.05) is 10.9 Å². The zero-order valence-corrected chi connectivity index (χ0v) is 12.5. The van der Waals surface area contributed by atoms with Crippen LogP contribution < -0.4 is 5.32 Å². The third-order valence-corrected chi connectivity index (χ3v) is 4.03. The average molecular weight is 309 g/mol. The molecule has 0 radical (unpaired) electrons. The number of nitrogens with one attached hydrogen (secondary N) is 1. The molecule has 18 heavy (non-hydrogen) atoms. The third kappa shape index (κ3) is 2.79. The first-order valence-electron chi connectivity index (χ1n) is 6.01. The molecule has 1 heterocycles. The predicted molar refractivity (Wildman–Crippen MR) is 75.9 cm³/mol. The van der Waals surface area contributed by atoms with E-state index in [0.29, 0.717) is 0 Å². The Morgan fingerprint density at radius 3 is 2.56 bits per heavy atom. The van der Waals surface area contributed by atoms with Crippen molar-refractivity contribution < 1.29 is 0 Å². The number of hydrogen-bond donors (Lipinski definition) is 1. The van der Waals surface area contributed by atoms with Gasteiger partial charge in [-0.3, -0.25) is 0 Å². The molecule has 0 atom stereocenters. The summed E-state index contributed by atoms with van der Waals surface area (Å²) in [4.78, 5) is 0. The van der Waals surface area contributed by atoms with Crippen LogP contribution in [0.2, 0.25) is 0 Å². The first-order chi connectivity index (χ1) is 8.61. The summed E-state index contributed by atoms with van der Waals surface area (Å²) in [6.45, 7) is 7.92. The van der Waals surface area contributed by atoms with Gasteiger partial charge in [0.25, 0.3) is 0 Å². The van der Waals surface area contributed by atoms with Gasteiger partial charge in [0.05, 0.1) is 17.6 Å². The molecule has 0 aliphatic rings. The van der Waals surface area contributed by atoms with Crippen molar-refractivity contribution in [3.8, 4) is 5.69 Å².